The second kappa shape index (κ2) is 5.35. The quantitative estimate of drug-likeness (QED) is 0.940. The lowest BCUT2D eigenvalue weighted by Crippen LogP contribution is -2.29. The maximum absolute atomic E-state index is 12.5. The molecule has 112 valence electrons. The van der Waals surface area contributed by atoms with Crippen LogP contribution in [0, 0.1) is 6.92 Å². The average Bonchev–Trinajstić information content (AvgIpc) is 3.17. The molecule has 0 radical (unpaired) electrons. The summed E-state index contributed by atoms with van der Waals surface area (Å²) in [4.78, 5) is 18.6. The fraction of sp³-hybridized carbons (Fsp3) is 0.533. The molecule has 1 N–H and O–H groups in total. The summed E-state index contributed by atoms with van der Waals surface area (Å²) in [6, 6.07) is 2.18. The molecule has 0 bridgehead atoms. The van der Waals surface area contributed by atoms with Crippen LogP contribution in [0.4, 0.5) is 0 Å². The van der Waals surface area contributed by atoms with Gasteiger partial charge in [-0.1, -0.05) is 13.8 Å². The first kappa shape index (κ1) is 13.9. The van der Waals surface area contributed by atoms with Crippen molar-refractivity contribution in [1.82, 2.24) is 24.6 Å². The number of carbonyl (C=O) groups excluding carboxylic acids is 1. The number of carbonyl (C=O) groups is 1. The van der Waals surface area contributed by atoms with Gasteiger partial charge in [0, 0.05) is 25.0 Å². The van der Waals surface area contributed by atoms with Crippen LogP contribution in [0.5, 0.6) is 0 Å². The van der Waals surface area contributed by atoms with Crippen molar-refractivity contribution in [3.63, 3.8) is 0 Å². The fourth-order valence-corrected chi connectivity index (χ4v) is 2.71. The summed E-state index contributed by atoms with van der Waals surface area (Å²) in [5.74, 6) is 0.358. The van der Waals surface area contributed by atoms with Gasteiger partial charge < -0.3 is 9.47 Å². The van der Waals surface area contributed by atoms with E-state index in [4.69, 9.17) is 0 Å². The number of aryl methyl sites for hydroxylation is 1. The van der Waals surface area contributed by atoms with Crippen molar-refractivity contribution in [3.05, 3.63) is 35.7 Å². The van der Waals surface area contributed by atoms with Gasteiger partial charge in [0.1, 0.15) is 5.69 Å². The molecule has 1 saturated heterocycles. The van der Waals surface area contributed by atoms with Crippen LogP contribution >= 0.6 is 0 Å². The summed E-state index contributed by atoms with van der Waals surface area (Å²) in [7, 11) is 0. The standard InChI is InChI=1S/C15H21N5O/c1-10(2)13-6-14(18-17-13)15(21)19-5-4-12(8-19)20-7-11(3)16-9-20/h6-7,9-10,12H,4-5,8H2,1-3H3,(H,17,18). The number of aromatic amines is 1. The van der Waals surface area contributed by atoms with Gasteiger partial charge in [-0.3, -0.25) is 9.89 Å². The Morgan fingerprint density at radius 2 is 2.29 bits per heavy atom. The normalized spacial score (nSPS) is 18.7. The van der Waals surface area contributed by atoms with E-state index in [-0.39, 0.29) is 5.91 Å². The minimum atomic E-state index is 0.0116. The van der Waals surface area contributed by atoms with E-state index in [0.29, 0.717) is 17.7 Å². The van der Waals surface area contributed by atoms with Crippen LogP contribution in [0.25, 0.3) is 0 Å². The van der Waals surface area contributed by atoms with Gasteiger partial charge >= 0.3 is 0 Å². The maximum atomic E-state index is 12.5. The SMILES string of the molecule is Cc1cn(C2CCN(C(=O)c3cc(C(C)C)[nH]n3)C2)cn1. The predicted molar refractivity (Wildman–Crippen MR) is 79.2 cm³/mol. The van der Waals surface area contributed by atoms with Gasteiger partial charge in [0.2, 0.25) is 0 Å². The highest BCUT2D eigenvalue weighted by Crippen LogP contribution is 2.23. The van der Waals surface area contributed by atoms with Gasteiger partial charge in [-0.25, -0.2) is 4.98 Å². The number of nitrogens with one attached hydrogen (secondary N) is 1. The zero-order valence-electron chi connectivity index (χ0n) is 12.7. The number of H-pyrrole nitrogens is 1. The minimum Gasteiger partial charge on any atom is -0.335 e. The van der Waals surface area contributed by atoms with Crippen molar-refractivity contribution in [2.24, 2.45) is 0 Å². The molecular formula is C15H21N5O. The van der Waals surface area contributed by atoms with E-state index in [1.807, 2.05) is 30.4 Å². The summed E-state index contributed by atoms with van der Waals surface area (Å²) in [6.07, 6.45) is 4.84. The molecular weight excluding hydrogens is 266 g/mol. The molecule has 2 aromatic heterocycles. The van der Waals surface area contributed by atoms with Gasteiger partial charge in [0.05, 0.1) is 18.1 Å². The molecule has 1 amide bonds. The van der Waals surface area contributed by atoms with Crippen molar-refractivity contribution in [2.75, 3.05) is 13.1 Å². The highest BCUT2D eigenvalue weighted by Gasteiger charge is 2.29. The molecule has 1 unspecified atom stereocenters. The summed E-state index contributed by atoms with van der Waals surface area (Å²) in [5.41, 5.74) is 2.52. The van der Waals surface area contributed by atoms with E-state index in [9.17, 15) is 4.79 Å². The second-order valence-corrected chi connectivity index (χ2v) is 6.02. The molecule has 2 aromatic rings. The Morgan fingerprint density at radius 1 is 1.48 bits per heavy atom. The van der Waals surface area contributed by atoms with Gasteiger partial charge in [0.25, 0.3) is 5.91 Å². The van der Waals surface area contributed by atoms with E-state index in [1.54, 1.807) is 0 Å². The van der Waals surface area contributed by atoms with Gasteiger partial charge in [-0.2, -0.15) is 5.10 Å². The first-order valence-electron chi connectivity index (χ1n) is 7.39. The molecule has 1 atom stereocenters. The zero-order chi connectivity index (χ0) is 15.0. The molecule has 1 fully saturated rings. The Kier molecular flexibility index (Phi) is 3.53. The zero-order valence-corrected chi connectivity index (χ0v) is 12.7. The number of hydrogen-bond acceptors (Lipinski definition) is 3. The number of imidazole rings is 1. The highest BCUT2D eigenvalue weighted by molar-refractivity contribution is 5.92. The van der Waals surface area contributed by atoms with Crippen LogP contribution in [0.15, 0.2) is 18.6 Å². The van der Waals surface area contributed by atoms with Crippen molar-refractivity contribution in [3.8, 4) is 0 Å². The number of amides is 1. The third-order valence-corrected chi connectivity index (χ3v) is 4.04. The van der Waals surface area contributed by atoms with Crippen LogP contribution in [0.3, 0.4) is 0 Å². The summed E-state index contributed by atoms with van der Waals surface area (Å²) in [5, 5.41) is 7.09. The van der Waals surface area contributed by atoms with Gasteiger partial charge in [-0.05, 0) is 25.3 Å². The van der Waals surface area contributed by atoms with Crippen molar-refractivity contribution < 1.29 is 4.79 Å². The number of nitrogens with zero attached hydrogens (tertiary/aromatic N) is 4. The third-order valence-electron chi connectivity index (χ3n) is 4.04. The van der Waals surface area contributed by atoms with E-state index in [0.717, 1.165) is 30.9 Å². The number of aromatic nitrogens is 4. The molecule has 3 heterocycles. The van der Waals surface area contributed by atoms with Crippen LogP contribution in [0.2, 0.25) is 0 Å². The van der Waals surface area contributed by atoms with Crippen molar-refractivity contribution >= 4 is 5.91 Å². The molecule has 1 aliphatic rings. The number of hydrogen-bond donors (Lipinski definition) is 1. The smallest absolute Gasteiger partial charge is 0.274 e. The van der Waals surface area contributed by atoms with Crippen molar-refractivity contribution in [2.45, 2.75) is 39.2 Å². The molecule has 0 aliphatic carbocycles. The molecule has 21 heavy (non-hydrogen) atoms. The molecule has 0 spiro atoms. The topological polar surface area (TPSA) is 66.8 Å². The van der Waals surface area contributed by atoms with E-state index in [2.05, 4.69) is 33.6 Å². The van der Waals surface area contributed by atoms with Crippen LogP contribution in [-0.2, 0) is 0 Å². The highest BCUT2D eigenvalue weighted by atomic mass is 16.2. The molecule has 6 nitrogen and oxygen atoms in total. The van der Waals surface area contributed by atoms with Gasteiger partial charge in [-0.15, -0.1) is 0 Å². The van der Waals surface area contributed by atoms with E-state index in [1.165, 1.54) is 0 Å². The van der Waals surface area contributed by atoms with E-state index < -0.39 is 0 Å². The van der Waals surface area contributed by atoms with Crippen LogP contribution in [0.1, 0.15) is 54.1 Å². The molecule has 0 aromatic carbocycles. The Balaban J connectivity index is 1.69. The lowest BCUT2D eigenvalue weighted by atomic mass is 10.1. The Morgan fingerprint density at radius 3 is 2.90 bits per heavy atom. The number of likely N-dealkylation sites (tertiary alicyclic amines) is 1. The lowest BCUT2D eigenvalue weighted by Gasteiger charge is -2.15. The average molecular weight is 287 g/mol. The first-order valence-corrected chi connectivity index (χ1v) is 7.39. The maximum Gasteiger partial charge on any atom is 0.274 e. The summed E-state index contributed by atoms with van der Waals surface area (Å²) >= 11 is 0. The minimum absolute atomic E-state index is 0.0116. The molecule has 0 saturated carbocycles. The lowest BCUT2D eigenvalue weighted by molar-refractivity contribution is 0.0782. The monoisotopic (exact) mass is 287 g/mol. The number of rotatable bonds is 3. The third kappa shape index (κ3) is 2.70. The Labute approximate surface area is 124 Å². The molecule has 6 heteroatoms. The Bertz CT molecular complexity index is 642. The first-order chi connectivity index (χ1) is 10.0. The Hall–Kier alpha value is -2.11. The predicted octanol–water partition coefficient (Wildman–Crippen LogP) is 2.13. The van der Waals surface area contributed by atoms with E-state index >= 15 is 0 Å². The van der Waals surface area contributed by atoms with Gasteiger partial charge in [0.15, 0.2) is 0 Å². The van der Waals surface area contributed by atoms with Crippen LogP contribution < -0.4 is 0 Å². The fourth-order valence-electron chi connectivity index (χ4n) is 2.71. The molecule has 1 aliphatic heterocycles. The molecule has 3 rings (SSSR count). The van der Waals surface area contributed by atoms with Crippen molar-refractivity contribution in [1.29, 1.82) is 0 Å². The summed E-state index contributed by atoms with van der Waals surface area (Å²) < 4.78 is 2.10. The second-order valence-electron chi connectivity index (χ2n) is 6.02. The summed E-state index contributed by atoms with van der Waals surface area (Å²) in [6.45, 7) is 7.62. The van der Waals surface area contributed by atoms with Crippen LogP contribution in [-0.4, -0.2) is 43.6 Å². The largest absolute Gasteiger partial charge is 0.335 e.